The zero-order valence-electron chi connectivity index (χ0n) is 14.7. The van der Waals surface area contributed by atoms with E-state index in [1.54, 1.807) is 18.2 Å². The number of aryl methyl sites for hydroxylation is 1. The molecule has 1 N–H and O–H groups in total. The number of hydrogen-bond acceptors (Lipinski definition) is 4. The molecule has 0 aliphatic carbocycles. The molecule has 0 radical (unpaired) electrons. The fourth-order valence-electron chi connectivity index (χ4n) is 2.65. The van der Waals surface area contributed by atoms with Crippen molar-refractivity contribution in [2.45, 2.75) is 46.0 Å². The summed E-state index contributed by atoms with van der Waals surface area (Å²) in [6, 6.07) is 7.98. The van der Waals surface area contributed by atoms with Crippen LogP contribution in [-0.2, 0) is 6.42 Å². The van der Waals surface area contributed by atoms with Crippen molar-refractivity contribution in [3.05, 3.63) is 53.5 Å². The van der Waals surface area contributed by atoms with Gasteiger partial charge in [0, 0.05) is 0 Å². The molecule has 0 fully saturated rings. The summed E-state index contributed by atoms with van der Waals surface area (Å²) >= 11 is 0. The third-order valence-corrected chi connectivity index (χ3v) is 3.97. The largest absolute Gasteiger partial charge is 0.478 e. The predicted molar refractivity (Wildman–Crippen MR) is 94.1 cm³/mol. The summed E-state index contributed by atoms with van der Waals surface area (Å²) in [4.78, 5) is 23.6. The van der Waals surface area contributed by atoms with Crippen molar-refractivity contribution in [1.82, 2.24) is 0 Å². The number of rotatable bonds is 9. The van der Waals surface area contributed by atoms with Crippen molar-refractivity contribution < 1.29 is 23.8 Å². The highest BCUT2D eigenvalue weighted by atomic mass is 16.5. The molecule has 5 heteroatoms. The van der Waals surface area contributed by atoms with Gasteiger partial charge in [0.05, 0.1) is 6.26 Å². The van der Waals surface area contributed by atoms with Crippen LogP contribution < -0.4 is 4.74 Å². The number of unbranched alkanes of at least 4 members (excludes halogenated alkanes) is 2. The second-order valence-electron chi connectivity index (χ2n) is 6.46. The number of benzene rings is 1. The summed E-state index contributed by atoms with van der Waals surface area (Å²) in [6.07, 6.45) is 6.32. The topological polar surface area (TPSA) is 76.7 Å². The highest BCUT2D eigenvalue weighted by Crippen LogP contribution is 2.27. The molecule has 0 saturated heterocycles. The van der Waals surface area contributed by atoms with Gasteiger partial charge in [0.15, 0.2) is 0 Å². The first-order chi connectivity index (χ1) is 12.0. The Morgan fingerprint density at radius 2 is 1.92 bits per heavy atom. The second kappa shape index (κ2) is 9.06. The molecular formula is C20H24O5. The molecule has 5 nitrogen and oxygen atoms in total. The van der Waals surface area contributed by atoms with E-state index < -0.39 is 11.9 Å². The van der Waals surface area contributed by atoms with E-state index in [1.165, 1.54) is 24.8 Å². The molecule has 0 saturated carbocycles. The van der Waals surface area contributed by atoms with Crippen LogP contribution in [0.1, 0.15) is 66.0 Å². The number of furan rings is 1. The van der Waals surface area contributed by atoms with E-state index in [9.17, 15) is 14.7 Å². The van der Waals surface area contributed by atoms with Gasteiger partial charge >= 0.3 is 11.9 Å². The lowest BCUT2D eigenvalue weighted by molar-refractivity contribution is 0.0668. The van der Waals surface area contributed by atoms with Gasteiger partial charge in [0.2, 0.25) is 5.76 Å². The fraction of sp³-hybridized carbons (Fsp3) is 0.400. The number of aromatic carboxylic acids is 1. The average Bonchev–Trinajstić information content (AvgIpc) is 3.09. The van der Waals surface area contributed by atoms with Gasteiger partial charge in [0.1, 0.15) is 11.3 Å². The molecule has 1 aromatic heterocycles. The van der Waals surface area contributed by atoms with E-state index in [0.29, 0.717) is 12.3 Å². The number of ether oxygens (including phenoxy) is 1. The standard InChI is InChI=1S/C20H24O5/c1-14(2)8-4-3-5-9-15-10-6-11-16(19(21)22)18(15)25-20(23)17-12-7-13-24-17/h6-7,10-14H,3-5,8-9H2,1-2H3,(H,21,22). The Labute approximate surface area is 147 Å². The lowest BCUT2D eigenvalue weighted by Gasteiger charge is -2.12. The van der Waals surface area contributed by atoms with E-state index in [1.807, 2.05) is 0 Å². The number of carboxylic acid groups (broad SMARTS) is 1. The van der Waals surface area contributed by atoms with Crippen LogP contribution in [0, 0.1) is 5.92 Å². The number of carbonyl (C=O) groups is 2. The van der Waals surface area contributed by atoms with Crippen molar-refractivity contribution in [1.29, 1.82) is 0 Å². The summed E-state index contributed by atoms with van der Waals surface area (Å²) in [5, 5.41) is 9.39. The molecule has 134 valence electrons. The van der Waals surface area contributed by atoms with Gasteiger partial charge in [-0.15, -0.1) is 0 Å². The van der Waals surface area contributed by atoms with Gasteiger partial charge in [-0.25, -0.2) is 9.59 Å². The van der Waals surface area contributed by atoms with E-state index in [0.717, 1.165) is 24.8 Å². The SMILES string of the molecule is CC(C)CCCCCc1cccc(C(=O)O)c1OC(=O)c1ccco1. The van der Waals surface area contributed by atoms with Crippen LogP contribution >= 0.6 is 0 Å². The molecule has 0 unspecified atom stereocenters. The molecular weight excluding hydrogens is 320 g/mol. The highest BCUT2D eigenvalue weighted by molar-refractivity contribution is 5.94. The van der Waals surface area contributed by atoms with Crippen LogP contribution in [0.5, 0.6) is 5.75 Å². The van der Waals surface area contributed by atoms with Crippen molar-refractivity contribution >= 4 is 11.9 Å². The molecule has 0 spiro atoms. The van der Waals surface area contributed by atoms with Gasteiger partial charge in [-0.1, -0.05) is 45.2 Å². The van der Waals surface area contributed by atoms with Crippen LogP contribution in [0.2, 0.25) is 0 Å². The molecule has 0 atom stereocenters. The smallest absolute Gasteiger partial charge is 0.379 e. The van der Waals surface area contributed by atoms with Crippen LogP contribution in [0.3, 0.4) is 0 Å². The normalized spacial score (nSPS) is 10.8. The quantitative estimate of drug-likeness (QED) is 0.395. The zero-order valence-corrected chi connectivity index (χ0v) is 14.7. The Hall–Kier alpha value is -2.56. The molecule has 2 aromatic rings. The molecule has 1 aromatic carbocycles. The molecule has 0 aliphatic heterocycles. The molecule has 0 bridgehead atoms. The molecule has 2 rings (SSSR count). The maximum absolute atomic E-state index is 12.1. The van der Waals surface area contributed by atoms with Gasteiger partial charge in [-0.2, -0.15) is 0 Å². The Morgan fingerprint density at radius 3 is 2.56 bits per heavy atom. The summed E-state index contributed by atoms with van der Waals surface area (Å²) < 4.78 is 10.4. The maximum Gasteiger partial charge on any atom is 0.379 e. The van der Waals surface area contributed by atoms with Crippen LogP contribution in [0.15, 0.2) is 41.0 Å². The molecule has 25 heavy (non-hydrogen) atoms. The van der Waals surface area contributed by atoms with E-state index in [4.69, 9.17) is 9.15 Å². The van der Waals surface area contributed by atoms with Crippen LogP contribution in [-0.4, -0.2) is 17.0 Å². The highest BCUT2D eigenvalue weighted by Gasteiger charge is 2.20. The van der Waals surface area contributed by atoms with Gasteiger partial charge in [0.25, 0.3) is 0 Å². The van der Waals surface area contributed by atoms with Crippen molar-refractivity contribution in [3.63, 3.8) is 0 Å². The fourth-order valence-corrected chi connectivity index (χ4v) is 2.65. The van der Waals surface area contributed by atoms with Crippen molar-refractivity contribution in [2.75, 3.05) is 0 Å². The minimum Gasteiger partial charge on any atom is -0.478 e. The minimum absolute atomic E-state index is 0.0143. The van der Waals surface area contributed by atoms with E-state index in [2.05, 4.69) is 13.8 Å². The summed E-state index contributed by atoms with van der Waals surface area (Å²) in [6.45, 7) is 4.39. The zero-order chi connectivity index (χ0) is 18.2. The lowest BCUT2D eigenvalue weighted by Crippen LogP contribution is -2.12. The third-order valence-electron chi connectivity index (χ3n) is 3.97. The predicted octanol–water partition coefficient (Wildman–Crippen LogP) is 4.96. The number of carbonyl (C=O) groups excluding carboxylic acids is 1. The first-order valence-electron chi connectivity index (χ1n) is 8.60. The Balaban J connectivity index is 2.11. The summed E-state index contributed by atoms with van der Waals surface area (Å²) in [5.74, 6) is -0.979. The molecule has 1 heterocycles. The second-order valence-corrected chi connectivity index (χ2v) is 6.46. The average molecular weight is 344 g/mol. The van der Waals surface area contributed by atoms with Crippen LogP contribution in [0.25, 0.3) is 0 Å². The van der Waals surface area contributed by atoms with E-state index in [-0.39, 0.29) is 17.1 Å². The first-order valence-corrected chi connectivity index (χ1v) is 8.60. The number of hydrogen-bond donors (Lipinski definition) is 1. The van der Waals surface area contributed by atoms with Gasteiger partial charge in [-0.3, -0.25) is 0 Å². The Bertz CT molecular complexity index is 701. The monoisotopic (exact) mass is 344 g/mol. The molecule has 0 aliphatic rings. The summed E-state index contributed by atoms with van der Waals surface area (Å²) in [7, 11) is 0. The number of para-hydroxylation sites is 1. The number of esters is 1. The minimum atomic E-state index is -1.12. The number of carboxylic acids is 1. The Kier molecular flexibility index (Phi) is 6.81. The van der Waals surface area contributed by atoms with Crippen molar-refractivity contribution in [3.8, 4) is 5.75 Å². The Morgan fingerprint density at radius 1 is 1.12 bits per heavy atom. The van der Waals surface area contributed by atoms with Gasteiger partial charge in [-0.05, 0) is 42.5 Å². The van der Waals surface area contributed by atoms with Crippen LogP contribution in [0.4, 0.5) is 0 Å². The lowest BCUT2D eigenvalue weighted by atomic mass is 10.00. The van der Waals surface area contributed by atoms with E-state index >= 15 is 0 Å². The third kappa shape index (κ3) is 5.48. The first kappa shape index (κ1) is 18.8. The summed E-state index contributed by atoms with van der Waals surface area (Å²) in [5.41, 5.74) is 0.712. The molecule has 0 amide bonds. The van der Waals surface area contributed by atoms with Gasteiger partial charge < -0.3 is 14.3 Å². The van der Waals surface area contributed by atoms with Crippen molar-refractivity contribution in [2.24, 2.45) is 5.92 Å². The maximum atomic E-state index is 12.1.